The van der Waals surface area contributed by atoms with Crippen LogP contribution >= 0.6 is 0 Å². The zero-order valence-electron chi connectivity index (χ0n) is 12.8. The fourth-order valence-electron chi connectivity index (χ4n) is 2.58. The van der Waals surface area contributed by atoms with Crippen molar-refractivity contribution in [1.82, 2.24) is 9.38 Å². The number of aldehydes is 1. The van der Waals surface area contributed by atoms with E-state index in [1.165, 1.54) is 4.40 Å². The molecule has 0 saturated carbocycles. The zero-order valence-corrected chi connectivity index (χ0v) is 12.8. The number of hydrogen-bond acceptors (Lipinski definition) is 4. The third-order valence-electron chi connectivity index (χ3n) is 3.76. The number of nitrogens with zero attached hydrogens (tertiary/aromatic N) is 3. The van der Waals surface area contributed by atoms with Gasteiger partial charge in [-0.2, -0.15) is 0 Å². The average molecular weight is 307 g/mol. The lowest BCUT2D eigenvalue weighted by Crippen LogP contribution is -2.29. The summed E-state index contributed by atoms with van der Waals surface area (Å²) >= 11 is 0. The van der Waals surface area contributed by atoms with Crippen LogP contribution in [0.5, 0.6) is 0 Å². The van der Waals surface area contributed by atoms with E-state index in [-0.39, 0.29) is 11.1 Å². The van der Waals surface area contributed by atoms with E-state index in [0.717, 1.165) is 5.56 Å². The van der Waals surface area contributed by atoms with Crippen molar-refractivity contribution in [3.8, 4) is 0 Å². The van der Waals surface area contributed by atoms with Gasteiger partial charge in [0.15, 0.2) is 6.29 Å². The molecule has 5 nitrogen and oxygen atoms in total. The summed E-state index contributed by atoms with van der Waals surface area (Å²) in [5.74, 6) is 0.433. The molecule has 1 aromatic carbocycles. The van der Waals surface area contributed by atoms with E-state index in [9.17, 15) is 9.59 Å². The minimum atomic E-state index is -0.341. The maximum Gasteiger partial charge on any atom is 0.270 e. The van der Waals surface area contributed by atoms with Gasteiger partial charge in [-0.15, -0.1) is 0 Å². The molecular weight excluding hydrogens is 290 g/mol. The maximum absolute atomic E-state index is 12.5. The molecule has 0 unspecified atom stereocenters. The van der Waals surface area contributed by atoms with Gasteiger partial charge in [-0.25, -0.2) is 4.98 Å². The Hall–Kier alpha value is -2.95. The van der Waals surface area contributed by atoms with Crippen molar-refractivity contribution in [2.45, 2.75) is 13.5 Å². The van der Waals surface area contributed by atoms with E-state index in [4.69, 9.17) is 0 Å². The highest BCUT2D eigenvalue weighted by Crippen LogP contribution is 2.17. The van der Waals surface area contributed by atoms with Gasteiger partial charge >= 0.3 is 0 Å². The fourth-order valence-corrected chi connectivity index (χ4v) is 2.58. The Bertz CT molecular complexity index is 888. The Kier molecular flexibility index (Phi) is 4.19. The maximum atomic E-state index is 12.5. The molecule has 2 aromatic heterocycles. The van der Waals surface area contributed by atoms with Gasteiger partial charge in [-0.3, -0.25) is 14.0 Å². The normalized spacial score (nSPS) is 10.7. The minimum Gasteiger partial charge on any atom is -0.352 e. The molecule has 3 aromatic rings. The molecular formula is C18H17N3O2. The van der Waals surface area contributed by atoms with Crippen molar-refractivity contribution in [2.75, 3.05) is 11.4 Å². The monoisotopic (exact) mass is 307 g/mol. The second-order valence-electron chi connectivity index (χ2n) is 5.20. The van der Waals surface area contributed by atoms with Crippen molar-refractivity contribution in [2.24, 2.45) is 0 Å². The Morgan fingerprint density at radius 1 is 1.13 bits per heavy atom. The lowest BCUT2D eigenvalue weighted by molar-refractivity contribution is 0.112. The largest absolute Gasteiger partial charge is 0.352 e. The van der Waals surface area contributed by atoms with Crippen LogP contribution in [-0.4, -0.2) is 22.2 Å². The number of carbonyl (C=O) groups excluding carboxylic acids is 1. The lowest BCUT2D eigenvalue weighted by atomic mass is 10.2. The molecule has 23 heavy (non-hydrogen) atoms. The minimum absolute atomic E-state index is 0.0893. The summed E-state index contributed by atoms with van der Waals surface area (Å²) in [6.07, 6.45) is 2.21. The van der Waals surface area contributed by atoms with Gasteiger partial charge in [0.1, 0.15) is 17.0 Å². The van der Waals surface area contributed by atoms with Gasteiger partial charge in [0.2, 0.25) is 0 Å². The molecule has 5 heteroatoms. The van der Waals surface area contributed by atoms with Crippen LogP contribution in [-0.2, 0) is 6.54 Å². The van der Waals surface area contributed by atoms with Gasteiger partial charge < -0.3 is 4.90 Å². The van der Waals surface area contributed by atoms with E-state index < -0.39 is 0 Å². The predicted molar refractivity (Wildman–Crippen MR) is 90.0 cm³/mol. The van der Waals surface area contributed by atoms with Crippen LogP contribution in [0.15, 0.2) is 59.5 Å². The SMILES string of the molecule is CCN(Cc1ccccc1)c1nc2ccccn2c(=O)c1C=O. The second-order valence-corrected chi connectivity index (χ2v) is 5.20. The molecule has 0 aliphatic carbocycles. The van der Waals surface area contributed by atoms with Crippen molar-refractivity contribution >= 4 is 17.8 Å². The number of pyridine rings is 1. The summed E-state index contributed by atoms with van der Waals surface area (Å²) in [4.78, 5) is 30.5. The molecule has 0 radical (unpaired) electrons. The van der Waals surface area contributed by atoms with Crippen LogP contribution in [0.3, 0.4) is 0 Å². The van der Waals surface area contributed by atoms with E-state index in [0.29, 0.717) is 30.8 Å². The predicted octanol–water partition coefficient (Wildman–Crippen LogP) is 2.53. The highest BCUT2D eigenvalue weighted by molar-refractivity contribution is 5.83. The summed E-state index contributed by atoms with van der Waals surface area (Å²) in [5, 5.41) is 0. The number of anilines is 1. The molecule has 3 rings (SSSR count). The number of carbonyl (C=O) groups is 1. The van der Waals surface area contributed by atoms with Crippen molar-refractivity contribution in [3.63, 3.8) is 0 Å². The summed E-state index contributed by atoms with van der Waals surface area (Å²) in [6, 6.07) is 15.2. The highest BCUT2D eigenvalue weighted by Gasteiger charge is 2.17. The van der Waals surface area contributed by atoms with Gasteiger partial charge in [-0.1, -0.05) is 36.4 Å². The summed E-state index contributed by atoms with van der Waals surface area (Å²) < 4.78 is 1.39. The third kappa shape index (κ3) is 2.85. The first-order valence-electron chi connectivity index (χ1n) is 7.50. The van der Waals surface area contributed by atoms with Gasteiger partial charge in [0.05, 0.1) is 0 Å². The number of fused-ring (bicyclic) bond motifs is 1. The molecule has 0 aliphatic heterocycles. The van der Waals surface area contributed by atoms with Crippen molar-refractivity contribution in [1.29, 1.82) is 0 Å². The molecule has 0 bridgehead atoms. The van der Waals surface area contributed by atoms with E-state index in [2.05, 4.69) is 4.98 Å². The highest BCUT2D eigenvalue weighted by atomic mass is 16.1. The van der Waals surface area contributed by atoms with Crippen LogP contribution in [0.2, 0.25) is 0 Å². The van der Waals surface area contributed by atoms with Crippen LogP contribution in [0, 0.1) is 0 Å². The molecule has 2 heterocycles. The quantitative estimate of drug-likeness (QED) is 0.680. The molecule has 0 spiro atoms. The Labute approximate surface area is 133 Å². The van der Waals surface area contributed by atoms with Gasteiger partial charge in [-0.05, 0) is 24.6 Å². The summed E-state index contributed by atoms with van der Waals surface area (Å²) in [6.45, 7) is 3.21. The van der Waals surface area contributed by atoms with Crippen LogP contribution in [0.4, 0.5) is 5.82 Å². The number of benzene rings is 1. The van der Waals surface area contributed by atoms with Crippen molar-refractivity contribution in [3.05, 3.63) is 76.2 Å². The second kappa shape index (κ2) is 6.44. The van der Waals surface area contributed by atoms with Crippen LogP contribution in [0.25, 0.3) is 5.65 Å². The Balaban J connectivity index is 2.13. The first-order valence-corrected chi connectivity index (χ1v) is 7.50. The van der Waals surface area contributed by atoms with E-state index in [1.807, 2.05) is 48.2 Å². The van der Waals surface area contributed by atoms with Crippen LogP contribution < -0.4 is 10.5 Å². The number of rotatable bonds is 5. The first kappa shape index (κ1) is 15.0. The standard InChI is InChI=1S/C18H17N3O2/c1-2-20(12-14-8-4-3-5-9-14)17-15(13-22)18(23)21-11-7-6-10-16(21)19-17/h3-11,13H,2,12H2,1H3. The molecule has 0 atom stereocenters. The third-order valence-corrected chi connectivity index (χ3v) is 3.76. The first-order chi connectivity index (χ1) is 11.2. The van der Waals surface area contributed by atoms with Gasteiger partial charge in [0, 0.05) is 19.3 Å². The van der Waals surface area contributed by atoms with Crippen LogP contribution in [0.1, 0.15) is 22.8 Å². The Morgan fingerprint density at radius 3 is 2.57 bits per heavy atom. The molecule has 0 amide bonds. The van der Waals surface area contributed by atoms with Crippen molar-refractivity contribution < 1.29 is 4.79 Å². The van der Waals surface area contributed by atoms with E-state index >= 15 is 0 Å². The average Bonchev–Trinajstić information content (AvgIpc) is 2.60. The zero-order chi connectivity index (χ0) is 16.2. The number of aromatic nitrogens is 2. The van der Waals surface area contributed by atoms with E-state index in [1.54, 1.807) is 18.3 Å². The van der Waals surface area contributed by atoms with Gasteiger partial charge in [0.25, 0.3) is 5.56 Å². The smallest absolute Gasteiger partial charge is 0.270 e. The molecule has 0 N–H and O–H groups in total. The lowest BCUT2D eigenvalue weighted by Gasteiger charge is -2.23. The molecule has 116 valence electrons. The topological polar surface area (TPSA) is 54.7 Å². The summed E-state index contributed by atoms with van der Waals surface area (Å²) in [7, 11) is 0. The Morgan fingerprint density at radius 2 is 1.87 bits per heavy atom. The number of hydrogen-bond donors (Lipinski definition) is 0. The molecule has 0 aliphatic rings. The molecule has 0 fully saturated rings. The molecule has 0 saturated heterocycles. The fraction of sp³-hybridized carbons (Fsp3) is 0.167. The summed E-state index contributed by atoms with van der Waals surface area (Å²) in [5.41, 5.74) is 1.38.